The van der Waals surface area contributed by atoms with Gasteiger partial charge >= 0.3 is 30.3 Å². The second-order valence-corrected chi connectivity index (χ2v) is 12.1. The summed E-state index contributed by atoms with van der Waals surface area (Å²) in [5, 5.41) is 19.5. The molecule has 0 spiro atoms. The van der Waals surface area contributed by atoms with Crippen LogP contribution in [0, 0.1) is 11.7 Å². The van der Waals surface area contributed by atoms with Gasteiger partial charge in [0.1, 0.15) is 5.82 Å². The van der Waals surface area contributed by atoms with E-state index in [1.54, 1.807) is 17.2 Å². The Hall–Kier alpha value is -5.59. The Morgan fingerprint density at radius 3 is 1.96 bits per heavy atom. The Balaban J connectivity index is 0.000000476. The fraction of sp³-hybridized carbons (Fsp3) is 0.371. The molecule has 292 valence electrons. The number of aromatic nitrogens is 1. The number of carboxylic acids is 2. The molecule has 1 saturated heterocycles. The first-order valence-corrected chi connectivity index (χ1v) is 16.3. The predicted octanol–water partition coefficient (Wildman–Crippen LogP) is 5.79. The summed E-state index contributed by atoms with van der Waals surface area (Å²) in [4.78, 5) is 63.8. The van der Waals surface area contributed by atoms with E-state index in [0.29, 0.717) is 63.6 Å². The Labute approximate surface area is 304 Å². The molecule has 19 heteroatoms. The highest BCUT2D eigenvalue weighted by Crippen LogP contribution is 2.27. The maximum absolute atomic E-state index is 14.6. The fourth-order valence-corrected chi connectivity index (χ4v) is 4.80. The number of anilines is 1. The molecule has 5 rings (SSSR count). The van der Waals surface area contributed by atoms with E-state index in [1.165, 1.54) is 12.1 Å². The molecular formula is C35H36F7N5O7. The number of aryl methyl sites for hydroxylation is 1. The van der Waals surface area contributed by atoms with Gasteiger partial charge in [-0.1, -0.05) is 24.3 Å². The van der Waals surface area contributed by atoms with Crippen LogP contribution in [0.4, 0.5) is 41.2 Å². The summed E-state index contributed by atoms with van der Waals surface area (Å²) in [5.41, 5.74) is 2.96. The monoisotopic (exact) mass is 771 g/mol. The third-order valence-corrected chi connectivity index (χ3v) is 7.85. The third kappa shape index (κ3) is 14.8. The highest BCUT2D eigenvalue weighted by molar-refractivity contribution is 5.96. The summed E-state index contributed by atoms with van der Waals surface area (Å²) in [7, 11) is 0. The molecule has 12 nitrogen and oxygen atoms in total. The minimum Gasteiger partial charge on any atom is -0.475 e. The number of halogens is 7. The average Bonchev–Trinajstić information content (AvgIpc) is 3.96. The van der Waals surface area contributed by atoms with Crippen LogP contribution in [0.2, 0.25) is 0 Å². The number of amides is 3. The van der Waals surface area contributed by atoms with Crippen molar-refractivity contribution in [2.24, 2.45) is 5.92 Å². The summed E-state index contributed by atoms with van der Waals surface area (Å²) in [6.45, 7) is 3.66. The van der Waals surface area contributed by atoms with Crippen LogP contribution in [-0.2, 0) is 22.6 Å². The van der Waals surface area contributed by atoms with Crippen LogP contribution >= 0.6 is 0 Å². The first-order valence-electron chi connectivity index (χ1n) is 16.3. The van der Waals surface area contributed by atoms with Crippen molar-refractivity contribution >= 4 is 35.3 Å². The zero-order valence-corrected chi connectivity index (χ0v) is 28.4. The Kier molecular flexibility index (Phi) is 15.4. The third-order valence-electron chi connectivity index (χ3n) is 7.85. The predicted molar refractivity (Wildman–Crippen MR) is 178 cm³/mol. The number of urea groups is 1. The van der Waals surface area contributed by atoms with Gasteiger partial charge in [0, 0.05) is 68.7 Å². The van der Waals surface area contributed by atoms with Gasteiger partial charge in [-0.3, -0.25) is 19.5 Å². The minimum absolute atomic E-state index is 0.0483. The van der Waals surface area contributed by atoms with Crippen molar-refractivity contribution in [1.82, 2.24) is 20.1 Å². The molecule has 1 saturated carbocycles. The van der Waals surface area contributed by atoms with E-state index in [9.17, 15) is 45.1 Å². The quantitative estimate of drug-likeness (QED) is 0.147. The molecule has 3 aromatic rings. The first kappa shape index (κ1) is 42.8. The molecule has 2 aromatic carbocycles. The second-order valence-electron chi connectivity index (χ2n) is 12.1. The highest BCUT2D eigenvalue weighted by atomic mass is 19.4. The van der Waals surface area contributed by atoms with Gasteiger partial charge in [-0.25, -0.2) is 18.8 Å². The maximum Gasteiger partial charge on any atom is 0.490 e. The molecule has 1 aromatic heterocycles. The van der Waals surface area contributed by atoms with Crippen molar-refractivity contribution in [2.45, 2.75) is 44.6 Å². The van der Waals surface area contributed by atoms with Crippen molar-refractivity contribution in [3.63, 3.8) is 0 Å². The topological polar surface area (TPSA) is 169 Å². The van der Waals surface area contributed by atoms with Crippen molar-refractivity contribution < 1.29 is 64.9 Å². The fourth-order valence-electron chi connectivity index (χ4n) is 4.80. The number of Topliss-reactive ketones (excluding diaryl/α,β-unsaturated/α-hetero) is 1. The van der Waals surface area contributed by atoms with Crippen LogP contribution in [0.15, 0.2) is 66.9 Å². The molecule has 54 heavy (non-hydrogen) atoms. The molecule has 3 amide bonds. The number of nitrogens with one attached hydrogen (secondary N) is 2. The molecule has 0 bridgehead atoms. The maximum atomic E-state index is 14.6. The Morgan fingerprint density at radius 1 is 0.796 bits per heavy atom. The lowest BCUT2D eigenvalue weighted by Gasteiger charge is -2.35. The Bertz CT molecular complexity index is 1740. The van der Waals surface area contributed by atoms with Crippen LogP contribution in [0.5, 0.6) is 0 Å². The number of alkyl halides is 6. The van der Waals surface area contributed by atoms with Crippen LogP contribution in [-0.4, -0.2) is 99.7 Å². The number of piperazine rings is 1. The number of hydrogen-bond acceptors (Lipinski definition) is 7. The van der Waals surface area contributed by atoms with Gasteiger partial charge in [0.15, 0.2) is 5.78 Å². The molecule has 0 radical (unpaired) electrons. The van der Waals surface area contributed by atoms with Crippen LogP contribution in [0.25, 0.3) is 0 Å². The van der Waals surface area contributed by atoms with E-state index in [1.807, 2.05) is 42.5 Å². The van der Waals surface area contributed by atoms with Gasteiger partial charge < -0.3 is 25.7 Å². The lowest BCUT2D eigenvalue weighted by atomic mass is 10.0. The van der Waals surface area contributed by atoms with Gasteiger partial charge in [0.05, 0.1) is 5.69 Å². The van der Waals surface area contributed by atoms with Crippen molar-refractivity contribution in [2.75, 3.05) is 38.0 Å². The summed E-state index contributed by atoms with van der Waals surface area (Å²) in [5.74, 6) is -5.77. The lowest BCUT2D eigenvalue weighted by molar-refractivity contribution is -0.193. The van der Waals surface area contributed by atoms with E-state index in [2.05, 4.69) is 20.5 Å². The van der Waals surface area contributed by atoms with Gasteiger partial charge in [0.2, 0.25) is 0 Å². The number of aliphatic carboxylic acids is 2. The molecule has 2 fully saturated rings. The van der Waals surface area contributed by atoms with Crippen LogP contribution in [0.1, 0.15) is 51.2 Å². The summed E-state index contributed by atoms with van der Waals surface area (Å²) in [6.07, 6.45) is -5.19. The van der Waals surface area contributed by atoms with E-state index in [4.69, 9.17) is 19.8 Å². The number of carbonyl (C=O) groups is 5. The summed E-state index contributed by atoms with van der Waals surface area (Å²) >= 11 is 0. The number of nitrogens with zero attached hydrogens (tertiary/aromatic N) is 3. The number of ketones is 1. The zero-order chi connectivity index (χ0) is 40.1. The van der Waals surface area contributed by atoms with Crippen molar-refractivity contribution in [3.8, 4) is 0 Å². The average molecular weight is 772 g/mol. The van der Waals surface area contributed by atoms with Gasteiger partial charge in [0.25, 0.3) is 5.91 Å². The highest BCUT2D eigenvalue weighted by Gasteiger charge is 2.39. The molecule has 2 heterocycles. The van der Waals surface area contributed by atoms with Gasteiger partial charge in [-0.05, 0) is 67.1 Å². The molecular weight excluding hydrogens is 735 g/mol. The number of benzene rings is 2. The zero-order valence-electron chi connectivity index (χ0n) is 28.4. The van der Waals surface area contributed by atoms with E-state index < -0.39 is 36.1 Å². The molecule has 0 unspecified atom stereocenters. The Morgan fingerprint density at radius 2 is 1.43 bits per heavy atom. The minimum atomic E-state index is -5.08. The second kappa shape index (κ2) is 19.5. The summed E-state index contributed by atoms with van der Waals surface area (Å²) in [6, 6.07) is 17.1. The molecule has 1 aliphatic heterocycles. The molecule has 1 aliphatic carbocycles. The summed E-state index contributed by atoms with van der Waals surface area (Å²) < 4.78 is 78.1. The lowest BCUT2D eigenvalue weighted by Crippen LogP contribution is -2.48. The number of carboxylic acid groups (broad SMARTS) is 2. The number of rotatable bonds is 10. The van der Waals surface area contributed by atoms with Gasteiger partial charge in [-0.2, -0.15) is 26.3 Å². The first-order chi connectivity index (χ1) is 25.3. The number of carbonyl (C=O) groups excluding carboxylic acids is 3. The standard InChI is InChI=1S/C31H34FN5O3.2C2HF3O2/c32-27-19-25(9-11-28(27)35-31(40)34-20-22-7-8-22)30(39)37-16-14-36(15-17-37)21-23-4-3-5-24(18-23)29(38)12-10-26-6-1-2-13-33-26;2*3-2(4,5)1(6)7/h1-6,9,11,13,18-19,22H,7-8,10,12,14-17,20-21H2,(H2,34,35,40);2*(H,6,7). The van der Waals surface area contributed by atoms with E-state index >= 15 is 0 Å². The van der Waals surface area contributed by atoms with E-state index in [-0.39, 0.29) is 22.9 Å². The van der Waals surface area contributed by atoms with Gasteiger partial charge in [-0.15, -0.1) is 0 Å². The normalized spacial score (nSPS) is 14.4. The van der Waals surface area contributed by atoms with Crippen molar-refractivity contribution in [1.29, 1.82) is 0 Å². The molecule has 2 aliphatic rings. The number of pyridine rings is 1. The smallest absolute Gasteiger partial charge is 0.475 e. The molecule has 0 atom stereocenters. The largest absolute Gasteiger partial charge is 0.490 e. The van der Waals surface area contributed by atoms with Crippen LogP contribution < -0.4 is 10.6 Å². The van der Waals surface area contributed by atoms with Crippen LogP contribution in [0.3, 0.4) is 0 Å². The SMILES string of the molecule is O=C(NCC1CC1)Nc1ccc(C(=O)N2CCN(Cc3cccc(C(=O)CCc4ccccn4)c3)CC2)cc1F.O=C(O)C(F)(F)F.O=C(O)C(F)(F)F. The van der Waals surface area contributed by atoms with Crippen molar-refractivity contribution in [3.05, 3.63) is 95.1 Å². The number of hydrogen-bond donors (Lipinski definition) is 4. The molecule has 4 N–H and O–H groups in total. The van der Waals surface area contributed by atoms with E-state index in [0.717, 1.165) is 24.1 Å².